The van der Waals surface area contributed by atoms with Crippen LogP contribution in [0.5, 0.6) is 0 Å². The van der Waals surface area contributed by atoms with Gasteiger partial charge in [0.1, 0.15) is 0 Å². The van der Waals surface area contributed by atoms with E-state index in [1.54, 1.807) is 13.0 Å². The molecule has 1 aromatic rings. The van der Waals surface area contributed by atoms with Gasteiger partial charge >= 0.3 is 0 Å². The molecule has 0 N–H and O–H groups in total. The summed E-state index contributed by atoms with van der Waals surface area (Å²) in [4.78, 5) is 15.7. The first kappa shape index (κ1) is 17.1. The molecule has 0 unspecified atom stereocenters. The molecule has 3 rings (SSSR count). The minimum absolute atomic E-state index is 0.0365. The van der Waals surface area contributed by atoms with Crippen molar-refractivity contribution in [3.8, 4) is 6.07 Å². The quantitative estimate of drug-likeness (QED) is 0.616. The van der Waals surface area contributed by atoms with Gasteiger partial charge in [-0.25, -0.2) is 0 Å². The summed E-state index contributed by atoms with van der Waals surface area (Å²) in [7, 11) is 0. The summed E-state index contributed by atoms with van der Waals surface area (Å²) in [6.07, 6.45) is 4.65. The van der Waals surface area contributed by atoms with Gasteiger partial charge in [0, 0.05) is 36.1 Å². The molecular formula is C17H22N4O2S. The monoisotopic (exact) mass is 346 g/mol. The Labute approximate surface area is 146 Å². The molecule has 24 heavy (non-hydrogen) atoms. The average Bonchev–Trinajstić information content (AvgIpc) is 3.23. The fourth-order valence-electron chi connectivity index (χ4n) is 3.88. The number of nitro benzene ring substituents is 1. The summed E-state index contributed by atoms with van der Waals surface area (Å²) in [6, 6.07) is 5.71. The van der Waals surface area contributed by atoms with Gasteiger partial charge in [0.2, 0.25) is 0 Å². The number of hydrogen-bond acceptors (Lipinski definition) is 6. The molecule has 6 nitrogen and oxygen atoms in total. The SMILES string of the molecule is CS[C@H]1CN(c2cc(C#N)cc([N+](=O)[O-])c2C)C[C@@H]1N1CCCC1. The first-order valence-electron chi connectivity index (χ1n) is 8.26. The second-order valence-electron chi connectivity index (χ2n) is 6.50. The Morgan fingerprint density at radius 3 is 2.62 bits per heavy atom. The van der Waals surface area contributed by atoms with Crippen molar-refractivity contribution in [2.24, 2.45) is 0 Å². The van der Waals surface area contributed by atoms with Crippen molar-refractivity contribution in [3.63, 3.8) is 0 Å². The summed E-state index contributed by atoms with van der Waals surface area (Å²) in [6.45, 7) is 5.82. The number of hydrogen-bond donors (Lipinski definition) is 0. The molecule has 0 aromatic heterocycles. The number of benzene rings is 1. The van der Waals surface area contributed by atoms with Crippen LogP contribution in [0.4, 0.5) is 11.4 Å². The summed E-state index contributed by atoms with van der Waals surface area (Å²) < 4.78 is 0. The van der Waals surface area contributed by atoms with Crippen molar-refractivity contribution in [2.75, 3.05) is 37.3 Å². The Morgan fingerprint density at radius 1 is 1.33 bits per heavy atom. The van der Waals surface area contributed by atoms with E-state index in [1.807, 2.05) is 11.8 Å². The summed E-state index contributed by atoms with van der Waals surface area (Å²) in [5, 5.41) is 21.0. The van der Waals surface area contributed by atoms with Gasteiger partial charge in [-0.2, -0.15) is 17.0 Å². The predicted octanol–water partition coefficient (Wildman–Crippen LogP) is 2.79. The van der Waals surface area contributed by atoms with Crippen molar-refractivity contribution >= 4 is 23.1 Å². The molecule has 128 valence electrons. The molecule has 0 spiro atoms. The minimum Gasteiger partial charge on any atom is -0.368 e. The zero-order chi connectivity index (χ0) is 17.3. The number of likely N-dealkylation sites (tertiary alicyclic amines) is 1. The second kappa shape index (κ2) is 6.99. The molecule has 1 aromatic carbocycles. The van der Waals surface area contributed by atoms with Crippen LogP contribution in [0.25, 0.3) is 0 Å². The first-order valence-corrected chi connectivity index (χ1v) is 9.55. The largest absolute Gasteiger partial charge is 0.368 e. The normalized spacial score (nSPS) is 24.3. The van der Waals surface area contributed by atoms with Crippen molar-refractivity contribution < 1.29 is 4.92 Å². The van der Waals surface area contributed by atoms with Gasteiger partial charge in [-0.3, -0.25) is 15.0 Å². The summed E-state index contributed by atoms with van der Waals surface area (Å²) in [5.74, 6) is 0. The van der Waals surface area contributed by atoms with Crippen LogP contribution < -0.4 is 4.90 Å². The molecule has 0 aliphatic carbocycles. The lowest BCUT2D eigenvalue weighted by Crippen LogP contribution is -2.40. The van der Waals surface area contributed by atoms with E-state index < -0.39 is 0 Å². The maximum absolute atomic E-state index is 11.3. The Hall–Kier alpha value is -1.78. The maximum atomic E-state index is 11.3. The smallest absolute Gasteiger partial charge is 0.275 e. The molecule has 2 aliphatic rings. The highest BCUT2D eigenvalue weighted by atomic mass is 32.2. The lowest BCUT2D eigenvalue weighted by molar-refractivity contribution is -0.385. The van der Waals surface area contributed by atoms with Gasteiger partial charge in [-0.05, 0) is 45.2 Å². The minimum atomic E-state index is -0.389. The number of nitrogens with zero attached hydrogens (tertiary/aromatic N) is 4. The first-order chi connectivity index (χ1) is 11.5. The third-order valence-electron chi connectivity index (χ3n) is 5.17. The van der Waals surface area contributed by atoms with E-state index in [9.17, 15) is 15.4 Å². The molecule has 2 saturated heterocycles. The third kappa shape index (κ3) is 3.08. The fraction of sp³-hybridized carbons (Fsp3) is 0.588. The Bertz CT molecular complexity index is 682. The van der Waals surface area contributed by atoms with Crippen LogP contribution in [-0.4, -0.2) is 53.5 Å². The summed E-state index contributed by atoms with van der Waals surface area (Å²) in [5.41, 5.74) is 1.88. The zero-order valence-corrected chi connectivity index (χ0v) is 14.9. The molecule has 0 radical (unpaired) electrons. The van der Waals surface area contributed by atoms with Crippen LogP contribution in [-0.2, 0) is 0 Å². The second-order valence-corrected chi connectivity index (χ2v) is 7.57. The number of thioether (sulfide) groups is 1. The van der Waals surface area contributed by atoms with Crippen molar-refractivity contribution in [1.82, 2.24) is 4.90 Å². The predicted molar refractivity (Wildman–Crippen MR) is 96.7 cm³/mol. The van der Waals surface area contributed by atoms with Crippen LogP contribution in [0, 0.1) is 28.4 Å². The van der Waals surface area contributed by atoms with Gasteiger partial charge in [0.05, 0.1) is 22.1 Å². The van der Waals surface area contributed by atoms with Crippen LogP contribution >= 0.6 is 11.8 Å². The van der Waals surface area contributed by atoms with E-state index in [2.05, 4.69) is 22.1 Å². The van der Waals surface area contributed by atoms with Crippen molar-refractivity contribution in [3.05, 3.63) is 33.4 Å². The molecular weight excluding hydrogens is 324 g/mol. The molecule has 2 heterocycles. The molecule has 7 heteroatoms. The summed E-state index contributed by atoms with van der Waals surface area (Å²) >= 11 is 1.87. The highest BCUT2D eigenvalue weighted by molar-refractivity contribution is 7.99. The Balaban J connectivity index is 1.93. The molecule has 2 aliphatic heterocycles. The number of rotatable bonds is 4. The van der Waals surface area contributed by atoms with Gasteiger partial charge in [-0.1, -0.05) is 0 Å². The average molecular weight is 346 g/mol. The number of nitriles is 1. The lowest BCUT2D eigenvalue weighted by atomic mass is 10.1. The Kier molecular flexibility index (Phi) is 4.97. The van der Waals surface area contributed by atoms with Crippen LogP contribution in [0.3, 0.4) is 0 Å². The van der Waals surface area contributed by atoms with Crippen molar-refractivity contribution in [1.29, 1.82) is 5.26 Å². The number of nitro groups is 1. The van der Waals surface area contributed by atoms with Crippen LogP contribution in [0.1, 0.15) is 24.0 Å². The maximum Gasteiger partial charge on any atom is 0.275 e. The van der Waals surface area contributed by atoms with E-state index >= 15 is 0 Å². The highest BCUT2D eigenvalue weighted by Gasteiger charge is 2.38. The van der Waals surface area contributed by atoms with Crippen LogP contribution in [0.15, 0.2) is 12.1 Å². The highest BCUT2D eigenvalue weighted by Crippen LogP contribution is 2.36. The van der Waals surface area contributed by atoms with Gasteiger partial charge in [0.25, 0.3) is 5.69 Å². The topological polar surface area (TPSA) is 73.4 Å². The zero-order valence-electron chi connectivity index (χ0n) is 14.1. The third-order valence-corrected chi connectivity index (χ3v) is 6.24. The molecule has 0 saturated carbocycles. The molecule has 2 fully saturated rings. The van der Waals surface area contributed by atoms with E-state index in [-0.39, 0.29) is 10.6 Å². The van der Waals surface area contributed by atoms with E-state index in [4.69, 9.17) is 0 Å². The Morgan fingerprint density at radius 2 is 2.04 bits per heavy atom. The molecule has 0 bridgehead atoms. The standard InChI is InChI=1S/C17H22N4O2S/c1-12-14(7-13(9-18)8-15(12)21(22)23)20-10-16(17(11-20)24-2)19-5-3-4-6-19/h7-8,16-17H,3-6,10-11H2,1-2H3/t16-,17-/m0/s1. The van der Waals surface area contributed by atoms with Gasteiger partial charge in [0.15, 0.2) is 0 Å². The van der Waals surface area contributed by atoms with E-state index in [0.29, 0.717) is 22.4 Å². The lowest BCUT2D eigenvalue weighted by Gasteiger charge is -2.27. The van der Waals surface area contributed by atoms with Gasteiger partial charge < -0.3 is 4.90 Å². The van der Waals surface area contributed by atoms with E-state index in [1.165, 1.54) is 18.9 Å². The molecule has 0 amide bonds. The van der Waals surface area contributed by atoms with Crippen molar-refractivity contribution in [2.45, 2.75) is 31.1 Å². The number of anilines is 1. The fourth-order valence-corrected chi connectivity index (χ4v) is 4.78. The molecule has 2 atom stereocenters. The van der Waals surface area contributed by atoms with Gasteiger partial charge in [-0.15, -0.1) is 0 Å². The van der Waals surface area contributed by atoms with E-state index in [0.717, 1.165) is 31.9 Å². The van der Waals surface area contributed by atoms with Crippen LogP contribution in [0.2, 0.25) is 0 Å².